The third kappa shape index (κ3) is 2.09. The van der Waals surface area contributed by atoms with Crippen molar-refractivity contribution in [2.24, 2.45) is 5.92 Å². The Morgan fingerprint density at radius 2 is 2.50 bits per heavy atom. The molecule has 2 N–H and O–H groups in total. The van der Waals surface area contributed by atoms with Crippen molar-refractivity contribution in [2.45, 2.75) is 6.42 Å². The van der Waals surface area contributed by atoms with Gasteiger partial charge in [-0.2, -0.15) is 5.10 Å². The second-order valence-electron chi connectivity index (χ2n) is 4.58. The molecular weight excluding hydrogens is 230 g/mol. The summed E-state index contributed by atoms with van der Waals surface area (Å²) >= 11 is 0. The molecule has 5 nitrogen and oxygen atoms in total. The summed E-state index contributed by atoms with van der Waals surface area (Å²) in [6.45, 7) is 2.22. The summed E-state index contributed by atoms with van der Waals surface area (Å²) in [4.78, 5) is 12.1. The number of aromatic amines is 1. The number of ether oxygens (including phenoxy) is 1. The third-order valence-corrected chi connectivity index (χ3v) is 3.30. The first-order valence-electron chi connectivity index (χ1n) is 6.12. The highest BCUT2D eigenvalue weighted by molar-refractivity contribution is 6.05. The van der Waals surface area contributed by atoms with Gasteiger partial charge in [0.1, 0.15) is 0 Å². The molecule has 1 saturated heterocycles. The number of carbonyl (C=O) groups is 1. The summed E-state index contributed by atoms with van der Waals surface area (Å²) in [5.74, 6) is 0.381. The van der Waals surface area contributed by atoms with Crippen LogP contribution in [0.1, 0.15) is 16.8 Å². The normalized spacial score (nSPS) is 19.2. The van der Waals surface area contributed by atoms with Crippen molar-refractivity contribution < 1.29 is 9.53 Å². The maximum absolute atomic E-state index is 12.1. The minimum atomic E-state index is -0.0586. The van der Waals surface area contributed by atoms with Gasteiger partial charge in [-0.05, 0) is 12.5 Å². The predicted molar refractivity (Wildman–Crippen MR) is 67.4 cm³/mol. The molecule has 1 unspecified atom stereocenters. The highest BCUT2D eigenvalue weighted by Gasteiger charge is 2.17. The van der Waals surface area contributed by atoms with Gasteiger partial charge in [-0.15, -0.1) is 0 Å². The van der Waals surface area contributed by atoms with Crippen molar-refractivity contribution >= 4 is 16.8 Å². The number of aromatic nitrogens is 2. The predicted octanol–water partition coefficient (Wildman–Crippen LogP) is 1.33. The lowest BCUT2D eigenvalue weighted by molar-refractivity contribution is 0.0946. The van der Waals surface area contributed by atoms with Crippen LogP contribution in [0.2, 0.25) is 0 Å². The lowest BCUT2D eigenvalue weighted by Gasteiger charge is -2.09. The fourth-order valence-corrected chi connectivity index (χ4v) is 2.23. The standard InChI is InChI=1S/C13H15N3O2/c17-13(14-6-9-4-5-18-8-9)11-3-1-2-10-7-15-16-12(10)11/h1-3,7,9H,4-6,8H2,(H,14,17)(H,15,16). The van der Waals surface area contributed by atoms with Gasteiger partial charge in [-0.1, -0.05) is 12.1 Å². The van der Waals surface area contributed by atoms with Crippen molar-refractivity contribution in [1.82, 2.24) is 15.5 Å². The number of hydrogen-bond acceptors (Lipinski definition) is 3. The molecule has 2 heterocycles. The first-order valence-corrected chi connectivity index (χ1v) is 6.12. The Bertz CT molecular complexity index is 558. The Balaban J connectivity index is 1.73. The number of rotatable bonds is 3. The van der Waals surface area contributed by atoms with Gasteiger partial charge in [0, 0.05) is 24.5 Å². The SMILES string of the molecule is O=C(NCC1CCOC1)c1cccc2cn[nH]c12. The largest absolute Gasteiger partial charge is 0.381 e. The number of fused-ring (bicyclic) bond motifs is 1. The Labute approximate surface area is 105 Å². The van der Waals surface area contributed by atoms with Crippen LogP contribution in [0.3, 0.4) is 0 Å². The van der Waals surface area contributed by atoms with Gasteiger partial charge in [0.25, 0.3) is 5.91 Å². The first-order chi connectivity index (χ1) is 8.84. The van der Waals surface area contributed by atoms with Gasteiger partial charge >= 0.3 is 0 Å². The van der Waals surface area contributed by atoms with Crippen molar-refractivity contribution in [3.8, 4) is 0 Å². The molecular formula is C13H15N3O2. The zero-order valence-electron chi connectivity index (χ0n) is 9.98. The Morgan fingerprint density at radius 3 is 3.33 bits per heavy atom. The molecule has 2 aromatic rings. The minimum absolute atomic E-state index is 0.0586. The molecule has 1 aliphatic rings. The van der Waals surface area contributed by atoms with Gasteiger partial charge in [0.05, 0.1) is 23.9 Å². The topological polar surface area (TPSA) is 67.0 Å². The second-order valence-corrected chi connectivity index (χ2v) is 4.58. The number of H-pyrrole nitrogens is 1. The second kappa shape index (κ2) is 4.78. The molecule has 1 aliphatic heterocycles. The summed E-state index contributed by atoms with van der Waals surface area (Å²) in [7, 11) is 0. The molecule has 0 radical (unpaired) electrons. The summed E-state index contributed by atoms with van der Waals surface area (Å²) in [6, 6.07) is 5.60. The Morgan fingerprint density at radius 1 is 1.56 bits per heavy atom. The fourth-order valence-electron chi connectivity index (χ4n) is 2.23. The van der Waals surface area contributed by atoms with E-state index in [4.69, 9.17) is 4.74 Å². The molecule has 94 valence electrons. The monoisotopic (exact) mass is 245 g/mol. The van der Waals surface area contributed by atoms with E-state index >= 15 is 0 Å². The molecule has 0 spiro atoms. The summed E-state index contributed by atoms with van der Waals surface area (Å²) in [5, 5.41) is 10.7. The van der Waals surface area contributed by atoms with E-state index in [0.717, 1.165) is 30.5 Å². The molecule has 18 heavy (non-hydrogen) atoms. The number of nitrogens with one attached hydrogen (secondary N) is 2. The van der Waals surface area contributed by atoms with Crippen molar-refractivity contribution in [1.29, 1.82) is 0 Å². The van der Waals surface area contributed by atoms with Gasteiger partial charge in [0.15, 0.2) is 0 Å². The van der Waals surface area contributed by atoms with Crippen molar-refractivity contribution in [3.63, 3.8) is 0 Å². The van der Waals surface area contributed by atoms with E-state index in [0.29, 0.717) is 18.0 Å². The molecule has 1 aromatic heterocycles. The summed E-state index contributed by atoms with van der Waals surface area (Å²) in [5.41, 5.74) is 1.43. The first kappa shape index (κ1) is 11.2. The number of carbonyl (C=O) groups excluding carboxylic acids is 1. The lowest BCUT2D eigenvalue weighted by Crippen LogP contribution is -2.29. The van der Waals surface area contributed by atoms with E-state index in [-0.39, 0.29) is 5.91 Å². The molecule has 1 atom stereocenters. The van der Waals surface area contributed by atoms with Crippen LogP contribution in [0.5, 0.6) is 0 Å². The summed E-state index contributed by atoms with van der Waals surface area (Å²) < 4.78 is 5.29. The van der Waals surface area contributed by atoms with E-state index < -0.39 is 0 Å². The maximum Gasteiger partial charge on any atom is 0.253 e. The van der Waals surface area contributed by atoms with Crippen LogP contribution < -0.4 is 5.32 Å². The van der Waals surface area contributed by atoms with Crippen LogP contribution in [0, 0.1) is 5.92 Å². The van der Waals surface area contributed by atoms with Crippen LogP contribution in [0.4, 0.5) is 0 Å². The van der Waals surface area contributed by atoms with Gasteiger partial charge < -0.3 is 10.1 Å². The molecule has 1 amide bonds. The lowest BCUT2D eigenvalue weighted by atomic mass is 10.1. The molecule has 0 saturated carbocycles. The van der Waals surface area contributed by atoms with Crippen LogP contribution >= 0.6 is 0 Å². The van der Waals surface area contributed by atoms with Crippen LogP contribution in [-0.2, 0) is 4.74 Å². The van der Waals surface area contributed by atoms with E-state index in [1.165, 1.54) is 0 Å². The number of hydrogen-bond donors (Lipinski definition) is 2. The average molecular weight is 245 g/mol. The molecule has 1 aromatic carbocycles. The van der Waals surface area contributed by atoms with Crippen molar-refractivity contribution in [3.05, 3.63) is 30.0 Å². The minimum Gasteiger partial charge on any atom is -0.381 e. The Kier molecular flexibility index (Phi) is 2.98. The molecule has 0 bridgehead atoms. The number of benzene rings is 1. The van der Waals surface area contributed by atoms with Gasteiger partial charge in [0.2, 0.25) is 0 Å². The van der Waals surface area contributed by atoms with E-state index in [1.807, 2.05) is 12.1 Å². The third-order valence-electron chi connectivity index (χ3n) is 3.30. The quantitative estimate of drug-likeness (QED) is 0.857. The van der Waals surface area contributed by atoms with Crippen LogP contribution in [-0.4, -0.2) is 35.9 Å². The maximum atomic E-state index is 12.1. The van der Waals surface area contributed by atoms with Crippen LogP contribution in [0.15, 0.2) is 24.4 Å². The average Bonchev–Trinajstić information content (AvgIpc) is 3.05. The Hall–Kier alpha value is -1.88. The number of nitrogens with zero attached hydrogens (tertiary/aromatic N) is 1. The van der Waals surface area contributed by atoms with Gasteiger partial charge in [-0.3, -0.25) is 9.89 Å². The van der Waals surface area contributed by atoms with E-state index in [9.17, 15) is 4.79 Å². The molecule has 3 rings (SSSR count). The van der Waals surface area contributed by atoms with E-state index in [2.05, 4.69) is 15.5 Å². The van der Waals surface area contributed by atoms with E-state index in [1.54, 1.807) is 12.3 Å². The van der Waals surface area contributed by atoms with Gasteiger partial charge in [-0.25, -0.2) is 0 Å². The molecule has 5 heteroatoms. The zero-order valence-corrected chi connectivity index (χ0v) is 9.98. The molecule has 1 fully saturated rings. The highest BCUT2D eigenvalue weighted by Crippen LogP contribution is 2.16. The fraction of sp³-hybridized carbons (Fsp3) is 0.385. The summed E-state index contributed by atoms with van der Waals surface area (Å²) in [6.07, 6.45) is 2.74. The smallest absolute Gasteiger partial charge is 0.253 e. The molecule has 0 aliphatic carbocycles. The highest BCUT2D eigenvalue weighted by atomic mass is 16.5. The zero-order chi connectivity index (χ0) is 12.4. The number of amides is 1. The van der Waals surface area contributed by atoms with Crippen LogP contribution in [0.25, 0.3) is 10.9 Å². The van der Waals surface area contributed by atoms with Crippen molar-refractivity contribution in [2.75, 3.05) is 19.8 Å². The number of para-hydroxylation sites is 1.